The molecular formula is C33H48F4N2O6S. The van der Waals surface area contributed by atoms with Crippen LogP contribution < -0.4 is 14.8 Å². The number of hydrogen-bond donors (Lipinski definition) is 4. The SMILES string of the molecule is CC[C@@H]1[C@@H]2[C@@H](F)[C@H](O)CC[C@]2(C)C2CC[C@@]3(C)C(CCC3[C@H](C)CCNC(=O)NS(=O)(=O)c3ccc(OC(F)(F)F)cc3)C2[C@@H]1O. The number of benzene rings is 1. The van der Waals surface area contributed by atoms with Crippen LogP contribution in [-0.4, -0.2) is 55.9 Å². The number of carbonyl (C=O) groups is 1. The minimum atomic E-state index is -4.91. The lowest BCUT2D eigenvalue weighted by Crippen LogP contribution is -2.65. The predicted molar refractivity (Wildman–Crippen MR) is 163 cm³/mol. The number of halogens is 4. The minimum Gasteiger partial charge on any atom is -0.406 e. The summed E-state index contributed by atoms with van der Waals surface area (Å²) in [6, 6.07) is 2.63. The standard InChI is InChI=1S/C33H48F4N2O6S/c1-5-21-27-28(34)25(40)13-16-32(27,4)24-12-15-31(3)22(10-11-23(31)26(24)29(21)41)18(2)14-17-38-30(42)39-46(43,44)20-8-6-19(7-9-20)45-33(35,36)37/h6-9,18,21-29,40-41H,5,10-17H2,1-4H3,(H2,38,39,42)/t18-,21-,22?,23?,24?,25-,26?,27-,28+,29-,31-,32-/m1/s1. The number of aliphatic hydroxyl groups is 2. The zero-order valence-electron chi connectivity index (χ0n) is 26.9. The lowest BCUT2D eigenvalue weighted by atomic mass is 9.41. The van der Waals surface area contributed by atoms with Crippen molar-refractivity contribution in [3.05, 3.63) is 24.3 Å². The number of fused-ring (bicyclic) bond motifs is 5. The summed E-state index contributed by atoms with van der Waals surface area (Å²) >= 11 is 0. The Hall–Kier alpha value is -2.12. The van der Waals surface area contributed by atoms with Crippen molar-refractivity contribution >= 4 is 16.1 Å². The smallest absolute Gasteiger partial charge is 0.406 e. The molecular weight excluding hydrogens is 628 g/mol. The highest BCUT2D eigenvalue weighted by atomic mass is 32.2. The van der Waals surface area contributed by atoms with Gasteiger partial charge in [-0.1, -0.05) is 34.1 Å². The van der Waals surface area contributed by atoms with Gasteiger partial charge in [0, 0.05) is 12.5 Å². The van der Waals surface area contributed by atoms with Gasteiger partial charge in [-0.25, -0.2) is 22.3 Å². The number of nitrogens with one attached hydrogen (secondary N) is 2. The molecule has 2 amide bonds. The lowest BCUT2D eigenvalue weighted by molar-refractivity contribution is -0.274. The third kappa shape index (κ3) is 6.36. The number of carbonyl (C=O) groups excluding carboxylic acids is 1. The Morgan fingerprint density at radius 1 is 1.04 bits per heavy atom. The maximum Gasteiger partial charge on any atom is 0.573 e. The number of rotatable bonds is 8. The fraction of sp³-hybridized carbons (Fsp3) is 0.788. The molecule has 4 fully saturated rings. The first kappa shape index (κ1) is 35.2. The van der Waals surface area contributed by atoms with Crippen LogP contribution in [0.4, 0.5) is 22.4 Å². The van der Waals surface area contributed by atoms with Crippen LogP contribution in [0.25, 0.3) is 0 Å². The van der Waals surface area contributed by atoms with Crippen LogP contribution in [-0.2, 0) is 10.0 Å². The summed E-state index contributed by atoms with van der Waals surface area (Å²) < 4.78 is 83.6. The first-order valence-corrected chi connectivity index (χ1v) is 18.1. The second-order valence-corrected chi connectivity index (χ2v) is 16.5. The number of sulfonamides is 1. The molecule has 0 aromatic heterocycles. The molecule has 5 rings (SSSR count). The van der Waals surface area contributed by atoms with Crippen LogP contribution in [0.15, 0.2) is 29.2 Å². The van der Waals surface area contributed by atoms with Crippen LogP contribution in [0.1, 0.15) is 79.1 Å². The van der Waals surface area contributed by atoms with Gasteiger partial charge in [-0.2, -0.15) is 0 Å². The van der Waals surface area contributed by atoms with Crippen molar-refractivity contribution in [2.24, 2.45) is 52.3 Å². The maximum absolute atomic E-state index is 15.6. The van der Waals surface area contributed by atoms with E-state index in [9.17, 15) is 36.6 Å². The Labute approximate surface area is 269 Å². The summed E-state index contributed by atoms with van der Waals surface area (Å²) in [6.07, 6.45) is -1.47. The predicted octanol–water partition coefficient (Wildman–Crippen LogP) is 6.17. The molecule has 4 aliphatic carbocycles. The molecule has 8 nitrogen and oxygen atoms in total. The summed E-state index contributed by atoms with van der Waals surface area (Å²) in [5, 5.41) is 24.9. The van der Waals surface area contributed by atoms with Crippen molar-refractivity contribution in [2.75, 3.05) is 6.54 Å². The average molecular weight is 677 g/mol. The molecule has 0 saturated heterocycles. The summed E-state index contributed by atoms with van der Waals surface area (Å²) in [5.41, 5.74) is -0.287. The summed E-state index contributed by atoms with van der Waals surface area (Å²) in [6.45, 7) is 8.91. The number of hydrogen-bond acceptors (Lipinski definition) is 6. The second-order valence-electron chi connectivity index (χ2n) is 14.8. The monoisotopic (exact) mass is 676 g/mol. The van der Waals surface area contributed by atoms with Crippen LogP contribution in [0.5, 0.6) is 5.75 Å². The third-order valence-electron chi connectivity index (χ3n) is 12.6. The van der Waals surface area contributed by atoms with Crippen molar-refractivity contribution in [1.82, 2.24) is 10.0 Å². The topological polar surface area (TPSA) is 125 Å². The Morgan fingerprint density at radius 2 is 1.67 bits per heavy atom. The van der Waals surface area contributed by atoms with Gasteiger partial charge in [-0.3, -0.25) is 0 Å². The van der Waals surface area contributed by atoms with Gasteiger partial charge in [0.2, 0.25) is 0 Å². The van der Waals surface area contributed by atoms with E-state index in [1.165, 1.54) is 0 Å². The first-order chi connectivity index (χ1) is 21.4. The van der Waals surface area contributed by atoms with E-state index in [1.54, 1.807) is 0 Å². The molecule has 1 aromatic carbocycles. The summed E-state index contributed by atoms with van der Waals surface area (Å²) in [5.74, 6) is -0.00603. The van der Waals surface area contributed by atoms with E-state index in [-0.39, 0.29) is 51.9 Å². The molecule has 4 unspecified atom stereocenters. The summed E-state index contributed by atoms with van der Waals surface area (Å²) in [7, 11) is -4.32. The van der Waals surface area contributed by atoms with E-state index in [4.69, 9.17) is 0 Å². The number of urea groups is 1. The van der Waals surface area contributed by atoms with E-state index >= 15 is 4.39 Å². The Balaban J connectivity index is 1.19. The molecule has 1 aromatic rings. The Morgan fingerprint density at radius 3 is 2.30 bits per heavy atom. The van der Waals surface area contributed by atoms with Gasteiger partial charge in [0.05, 0.1) is 17.1 Å². The van der Waals surface area contributed by atoms with E-state index < -0.39 is 46.5 Å². The zero-order valence-corrected chi connectivity index (χ0v) is 27.7. The van der Waals surface area contributed by atoms with Gasteiger partial charge in [-0.05, 0) is 116 Å². The van der Waals surface area contributed by atoms with Crippen LogP contribution >= 0.6 is 0 Å². The molecule has 4 aliphatic rings. The highest BCUT2D eigenvalue weighted by Crippen LogP contribution is 2.69. The van der Waals surface area contributed by atoms with Crippen molar-refractivity contribution in [1.29, 1.82) is 0 Å². The van der Waals surface area contributed by atoms with Crippen LogP contribution in [0.3, 0.4) is 0 Å². The molecule has 46 heavy (non-hydrogen) atoms. The van der Waals surface area contributed by atoms with Gasteiger partial charge >= 0.3 is 12.4 Å². The number of alkyl halides is 4. The zero-order chi connectivity index (χ0) is 33.8. The van der Waals surface area contributed by atoms with Crippen molar-refractivity contribution in [2.45, 2.75) is 109 Å². The second kappa shape index (κ2) is 12.7. The van der Waals surface area contributed by atoms with Gasteiger partial charge in [-0.15, -0.1) is 13.2 Å². The van der Waals surface area contributed by atoms with Gasteiger partial charge in [0.1, 0.15) is 11.9 Å². The molecule has 12 atom stereocenters. The lowest BCUT2D eigenvalue weighted by Gasteiger charge is -2.65. The highest BCUT2D eigenvalue weighted by Gasteiger charge is 2.66. The maximum atomic E-state index is 15.6. The van der Waals surface area contributed by atoms with Crippen molar-refractivity contribution < 1.29 is 45.7 Å². The molecule has 260 valence electrons. The number of amides is 2. The van der Waals surface area contributed by atoms with Crippen LogP contribution in [0.2, 0.25) is 0 Å². The van der Waals surface area contributed by atoms with E-state index in [0.29, 0.717) is 31.1 Å². The highest BCUT2D eigenvalue weighted by molar-refractivity contribution is 7.90. The fourth-order valence-electron chi connectivity index (χ4n) is 10.6. The van der Waals surface area contributed by atoms with Gasteiger partial charge in [0.25, 0.3) is 10.0 Å². The van der Waals surface area contributed by atoms with Crippen molar-refractivity contribution in [3.63, 3.8) is 0 Å². The number of aliphatic hydroxyl groups excluding tert-OH is 2. The molecule has 0 radical (unpaired) electrons. The van der Waals surface area contributed by atoms with E-state index in [1.807, 2.05) is 11.6 Å². The minimum absolute atomic E-state index is 0.0278. The molecule has 0 bridgehead atoms. The molecule has 4 saturated carbocycles. The fourth-order valence-corrected chi connectivity index (χ4v) is 11.5. The molecule has 0 spiro atoms. The first-order valence-electron chi connectivity index (χ1n) is 16.6. The van der Waals surface area contributed by atoms with E-state index in [2.05, 4.69) is 30.8 Å². The summed E-state index contributed by atoms with van der Waals surface area (Å²) in [4.78, 5) is 12.1. The molecule has 13 heteroatoms. The normalized spacial score (nSPS) is 39.8. The molecule has 4 N–H and O–H groups in total. The van der Waals surface area contributed by atoms with Gasteiger partial charge < -0.3 is 20.3 Å². The van der Waals surface area contributed by atoms with Crippen LogP contribution in [0, 0.1) is 52.3 Å². The van der Waals surface area contributed by atoms with Crippen molar-refractivity contribution in [3.8, 4) is 5.75 Å². The van der Waals surface area contributed by atoms with E-state index in [0.717, 1.165) is 56.4 Å². The van der Waals surface area contributed by atoms with Gasteiger partial charge in [0.15, 0.2) is 0 Å². The quantitative estimate of drug-likeness (QED) is 0.244. The largest absolute Gasteiger partial charge is 0.573 e. The Kier molecular flexibility index (Phi) is 9.74. The molecule has 0 aliphatic heterocycles. The third-order valence-corrected chi connectivity index (χ3v) is 14.0. The average Bonchev–Trinajstić information content (AvgIpc) is 3.32. The Bertz CT molecular complexity index is 1360. The molecule has 0 heterocycles. The number of ether oxygens (including phenoxy) is 1.